The van der Waals surface area contributed by atoms with E-state index in [9.17, 15) is 23.5 Å². The molecule has 0 fully saturated rings. The smallest absolute Gasteiger partial charge is 0.359 e. The van der Waals surface area contributed by atoms with Crippen molar-refractivity contribution < 1.29 is 32.6 Å². The zero-order valence-electron chi connectivity index (χ0n) is 25.2. The topological polar surface area (TPSA) is 105 Å². The van der Waals surface area contributed by atoms with E-state index < -0.39 is 40.3 Å². The third-order valence-corrected chi connectivity index (χ3v) is 8.13. The molecule has 1 aromatic heterocycles. The third-order valence-electron chi connectivity index (χ3n) is 8.13. The van der Waals surface area contributed by atoms with Crippen LogP contribution >= 0.6 is 0 Å². The second-order valence-electron chi connectivity index (χ2n) is 12.1. The van der Waals surface area contributed by atoms with Crippen molar-refractivity contribution in [2.75, 3.05) is 17.3 Å². The second-order valence-corrected chi connectivity index (χ2v) is 12.1. The lowest BCUT2D eigenvalue weighted by Gasteiger charge is -2.30. The van der Waals surface area contributed by atoms with Gasteiger partial charge >= 0.3 is 11.9 Å². The highest BCUT2D eigenvalue weighted by Crippen LogP contribution is 2.45. The van der Waals surface area contributed by atoms with Crippen LogP contribution < -0.4 is 10.2 Å². The maximum absolute atomic E-state index is 15.5. The molecule has 0 spiro atoms. The SMILES string of the molecule is C[C@@H](Nc1nnc(C(=O)OCc2ccccc2)c2cc3c(cc12)N(C)C(=O)C3(C)C)c1cccc(C(F)(F)C(C)(C)O)c1F. The summed E-state index contributed by atoms with van der Waals surface area (Å²) in [5, 5.41) is 22.2. The molecule has 0 saturated carbocycles. The van der Waals surface area contributed by atoms with Gasteiger partial charge in [-0.2, -0.15) is 8.78 Å². The predicted molar refractivity (Wildman–Crippen MR) is 160 cm³/mol. The van der Waals surface area contributed by atoms with E-state index in [2.05, 4.69) is 15.5 Å². The van der Waals surface area contributed by atoms with Gasteiger partial charge in [0, 0.05) is 29.1 Å². The highest BCUT2D eigenvalue weighted by molar-refractivity contribution is 6.13. The Morgan fingerprint density at radius 3 is 2.41 bits per heavy atom. The Kier molecular flexibility index (Phi) is 7.65. The summed E-state index contributed by atoms with van der Waals surface area (Å²) in [6.07, 6.45) is 0. The number of likely N-dealkylation sites (N-methyl/N-ethyl adjacent to an activating group) is 1. The number of aromatic nitrogens is 2. The molecule has 0 bridgehead atoms. The van der Waals surface area contributed by atoms with Crippen molar-refractivity contribution in [3.8, 4) is 0 Å². The van der Waals surface area contributed by atoms with Gasteiger partial charge in [0.25, 0.3) is 0 Å². The second kappa shape index (κ2) is 10.9. The number of ether oxygens (including phenoxy) is 1. The molecule has 230 valence electrons. The van der Waals surface area contributed by atoms with Crippen molar-refractivity contribution in [3.63, 3.8) is 0 Å². The van der Waals surface area contributed by atoms with Gasteiger partial charge in [0.2, 0.25) is 5.91 Å². The van der Waals surface area contributed by atoms with Crippen molar-refractivity contribution in [2.24, 2.45) is 0 Å². The van der Waals surface area contributed by atoms with Crippen LogP contribution in [-0.2, 0) is 27.5 Å². The third kappa shape index (κ3) is 5.15. The largest absolute Gasteiger partial charge is 0.456 e. The maximum Gasteiger partial charge on any atom is 0.359 e. The van der Waals surface area contributed by atoms with Crippen molar-refractivity contribution in [2.45, 2.75) is 64.2 Å². The fourth-order valence-corrected chi connectivity index (χ4v) is 5.40. The molecule has 0 aliphatic carbocycles. The molecular formula is C33H33F3N4O4. The van der Waals surface area contributed by atoms with Crippen LogP contribution in [0.3, 0.4) is 0 Å². The van der Waals surface area contributed by atoms with E-state index in [1.807, 2.05) is 30.3 Å². The van der Waals surface area contributed by atoms with Gasteiger partial charge in [-0.05, 0) is 63.9 Å². The summed E-state index contributed by atoms with van der Waals surface area (Å²) in [5.74, 6) is -5.78. The number of carbonyl (C=O) groups is 2. The van der Waals surface area contributed by atoms with Crippen LogP contribution in [0.4, 0.5) is 24.7 Å². The lowest BCUT2D eigenvalue weighted by Crippen LogP contribution is -2.41. The highest BCUT2D eigenvalue weighted by atomic mass is 19.3. The van der Waals surface area contributed by atoms with Crippen LogP contribution in [0.5, 0.6) is 0 Å². The number of benzene rings is 3. The Balaban J connectivity index is 1.58. The normalized spacial score (nSPS) is 15.3. The Hall–Kier alpha value is -4.51. The average Bonchev–Trinajstić information content (AvgIpc) is 3.14. The molecule has 1 aliphatic heterocycles. The number of esters is 1. The number of aliphatic hydroxyl groups is 1. The monoisotopic (exact) mass is 606 g/mol. The molecule has 44 heavy (non-hydrogen) atoms. The fourth-order valence-electron chi connectivity index (χ4n) is 5.40. The number of halogens is 3. The number of alkyl halides is 2. The molecule has 4 aromatic rings. The zero-order valence-corrected chi connectivity index (χ0v) is 25.2. The summed E-state index contributed by atoms with van der Waals surface area (Å²) in [6.45, 7) is 6.96. The first kappa shape index (κ1) is 30.9. The summed E-state index contributed by atoms with van der Waals surface area (Å²) in [5.41, 5.74) is -2.46. The van der Waals surface area contributed by atoms with Gasteiger partial charge < -0.3 is 20.1 Å². The number of anilines is 2. The van der Waals surface area contributed by atoms with Crippen LogP contribution in [0.25, 0.3) is 10.8 Å². The van der Waals surface area contributed by atoms with Crippen molar-refractivity contribution in [1.29, 1.82) is 0 Å². The molecule has 8 nitrogen and oxygen atoms in total. The van der Waals surface area contributed by atoms with Gasteiger partial charge in [-0.15, -0.1) is 10.2 Å². The summed E-state index contributed by atoms with van der Waals surface area (Å²) in [6, 6.07) is 15.2. The molecule has 0 unspecified atom stereocenters. The number of carbonyl (C=O) groups excluding carboxylic acids is 2. The number of hydrogen-bond acceptors (Lipinski definition) is 7. The van der Waals surface area contributed by atoms with Crippen molar-refractivity contribution >= 4 is 34.2 Å². The van der Waals surface area contributed by atoms with Crippen LogP contribution in [-0.4, -0.2) is 39.8 Å². The molecule has 0 saturated heterocycles. The van der Waals surface area contributed by atoms with E-state index in [4.69, 9.17) is 4.74 Å². The van der Waals surface area contributed by atoms with E-state index >= 15 is 4.39 Å². The Morgan fingerprint density at radius 2 is 1.75 bits per heavy atom. The van der Waals surface area contributed by atoms with E-state index in [0.717, 1.165) is 25.5 Å². The number of nitrogens with one attached hydrogen (secondary N) is 1. The minimum absolute atomic E-state index is 0.00242. The Bertz CT molecular complexity index is 1770. The Morgan fingerprint density at radius 1 is 1.07 bits per heavy atom. The van der Waals surface area contributed by atoms with Crippen molar-refractivity contribution in [3.05, 3.63) is 94.4 Å². The van der Waals surface area contributed by atoms with Gasteiger partial charge in [-0.3, -0.25) is 4.79 Å². The minimum Gasteiger partial charge on any atom is -0.456 e. The molecule has 2 N–H and O–H groups in total. The predicted octanol–water partition coefficient (Wildman–Crippen LogP) is 6.42. The molecule has 1 atom stereocenters. The van der Waals surface area contributed by atoms with E-state index in [-0.39, 0.29) is 29.6 Å². The minimum atomic E-state index is -3.87. The van der Waals surface area contributed by atoms with Gasteiger partial charge in [0.15, 0.2) is 11.5 Å². The lowest BCUT2D eigenvalue weighted by molar-refractivity contribution is -0.170. The van der Waals surface area contributed by atoms with E-state index in [0.29, 0.717) is 22.0 Å². The summed E-state index contributed by atoms with van der Waals surface area (Å²) in [4.78, 5) is 27.9. The number of hydrogen-bond donors (Lipinski definition) is 2. The standard InChI is InChI=1S/C33H33F3N4O4/c1-18(20-13-10-14-23(26(20)34)33(35,36)32(4,5)43)37-28-22-16-25-24(31(2,3)30(42)40(25)6)15-21(22)27(38-39-28)29(41)44-17-19-11-8-7-9-12-19/h7-16,18,43H,17H2,1-6H3,(H,37,39)/t18-/m1/s1. The summed E-state index contributed by atoms with van der Waals surface area (Å²) >= 11 is 0. The van der Waals surface area contributed by atoms with Gasteiger partial charge in [0.1, 0.15) is 18.0 Å². The molecule has 1 amide bonds. The van der Waals surface area contributed by atoms with Crippen LogP contribution in [0.2, 0.25) is 0 Å². The van der Waals surface area contributed by atoms with Crippen molar-refractivity contribution in [1.82, 2.24) is 10.2 Å². The molecule has 5 rings (SSSR count). The van der Waals surface area contributed by atoms with Crippen LogP contribution in [0.1, 0.15) is 73.4 Å². The highest BCUT2D eigenvalue weighted by Gasteiger charge is 2.49. The number of nitrogens with zero attached hydrogens (tertiary/aromatic N) is 3. The number of amides is 1. The van der Waals surface area contributed by atoms with Crippen LogP contribution in [0, 0.1) is 5.82 Å². The van der Waals surface area contributed by atoms with E-state index in [1.165, 1.54) is 17.0 Å². The number of fused-ring (bicyclic) bond motifs is 2. The van der Waals surface area contributed by atoms with E-state index in [1.54, 1.807) is 40.0 Å². The van der Waals surface area contributed by atoms with Gasteiger partial charge in [-0.1, -0.05) is 42.5 Å². The molecular weight excluding hydrogens is 573 g/mol. The average molecular weight is 607 g/mol. The molecule has 2 heterocycles. The maximum atomic E-state index is 15.5. The zero-order chi connectivity index (χ0) is 32.2. The fraction of sp³-hybridized carbons (Fsp3) is 0.333. The number of rotatable bonds is 8. The first-order valence-corrected chi connectivity index (χ1v) is 14.1. The quantitative estimate of drug-likeness (QED) is 0.223. The molecule has 11 heteroatoms. The Labute approximate surface area is 252 Å². The first-order valence-electron chi connectivity index (χ1n) is 14.1. The lowest BCUT2D eigenvalue weighted by atomic mass is 9.85. The van der Waals surface area contributed by atoms with Gasteiger partial charge in [-0.25, -0.2) is 9.18 Å². The first-order chi connectivity index (χ1) is 20.6. The van der Waals surface area contributed by atoms with Gasteiger partial charge in [0.05, 0.1) is 17.0 Å². The summed E-state index contributed by atoms with van der Waals surface area (Å²) in [7, 11) is 1.64. The van der Waals surface area contributed by atoms with Crippen LogP contribution in [0.15, 0.2) is 60.7 Å². The molecule has 0 radical (unpaired) electrons. The molecule has 1 aliphatic rings. The molecule has 3 aromatic carbocycles. The summed E-state index contributed by atoms with van der Waals surface area (Å²) < 4.78 is 51.0.